The summed E-state index contributed by atoms with van der Waals surface area (Å²) in [7, 11) is 0. The molecule has 2 aromatic carbocycles. The molecule has 19 heavy (non-hydrogen) atoms. The quantitative estimate of drug-likeness (QED) is 0.653. The molecule has 0 spiro atoms. The molecule has 0 fully saturated rings. The highest BCUT2D eigenvalue weighted by Crippen LogP contribution is 2.24. The molecule has 0 aliphatic carbocycles. The average Bonchev–Trinajstić information content (AvgIpc) is 2.38. The fourth-order valence-electron chi connectivity index (χ4n) is 1.69. The van der Waals surface area contributed by atoms with E-state index < -0.39 is 0 Å². The van der Waals surface area contributed by atoms with Crippen molar-refractivity contribution in [3.05, 3.63) is 64.2 Å². The highest BCUT2D eigenvalue weighted by molar-refractivity contribution is 7.80. The van der Waals surface area contributed by atoms with Crippen LogP contribution < -0.4 is 10.9 Å². The number of benzene rings is 2. The summed E-state index contributed by atoms with van der Waals surface area (Å²) < 4.78 is 0. The lowest BCUT2D eigenvalue weighted by atomic mass is 10.1. The summed E-state index contributed by atoms with van der Waals surface area (Å²) in [6.45, 7) is 4.04. The number of hydrogen-bond acceptors (Lipinski definition) is 2. The summed E-state index contributed by atoms with van der Waals surface area (Å²) >= 11 is 11.5. The Morgan fingerprint density at radius 1 is 1.05 bits per heavy atom. The Morgan fingerprint density at radius 3 is 2.37 bits per heavy atom. The monoisotopic (exact) mass is 290 g/mol. The van der Waals surface area contributed by atoms with Crippen LogP contribution >= 0.6 is 23.8 Å². The minimum absolute atomic E-state index is 0.638. The van der Waals surface area contributed by atoms with E-state index in [1.54, 1.807) is 0 Å². The SMILES string of the molecule is Cc1ccc(C(=S)NNc2c(C)cccc2Cl)cc1. The van der Waals surface area contributed by atoms with Crippen LogP contribution in [-0.4, -0.2) is 4.99 Å². The smallest absolute Gasteiger partial charge is 0.125 e. The van der Waals surface area contributed by atoms with E-state index in [2.05, 4.69) is 10.9 Å². The second-order valence-electron chi connectivity index (χ2n) is 4.38. The van der Waals surface area contributed by atoms with Crippen molar-refractivity contribution >= 4 is 34.5 Å². The van der Waals surface area contributed by atoms with Crippen molar-refractivity contribution in [3.8, 4) is 0 Å². The third kappa shape index (κ3) is 3.46. The van der Waals surface area contributed by atoms with Gasteiger partial charge in [-0.25, -0.2) is 0 Å². The van der Waals surface area contributed by atoms with E-state index in [0.29, 0.717) is 10.0 Å². The fourth-order valence-corrected chi connectivity index (χ4v) is 2.14. The number of hydrogen-bond donors (Lipinski definition) is 2. The number of aryl methyl sites for hydroxylation is 2. The average molecular weight is 291 g/mol. The molecule has 0 radical (unpaired) electrons. The minimum atomic E-state index is 0.638. The van der Waals surface area contributed by atoms with Gasteiger partial charge in [-0.05, 0) is 25.5 Å². The first-order valence-corrected chi connectivity index (χ1v) is 6.74. The molecule has 0 saturated heterocycles. The van der Waals surface area contributed by atoms with Gasteiger partial charge in [0.1, 0.15) is 4.99 Å². The molecule has 0 aliphatic heterocycles. The maximum absolute atomic E-state index is 6.13. The molecule has 0 amide bonds. The molecule has 2 aromatic rings. The Balaban J connectivity index is 2.06. The first-order valence-electron chi connectivity index (χ1n) is 5.96. The highest BCUT2D eigenvalue weighted by Gasteiger charge is 2.04. The summed E-state index contributed by atoms with van der Waals surface area (Å²) in [4.78, 5) is 0.638. The number of anilines is 1. The number of thiocarbonyl (C=S) groups is 1. The van der Waals surface area contributed by atoms with Crippen LogP contribution in [0.5, 0.6) is 0 Å². The molecule has 0 aliphatic rings. The van der Waals surface area contributed by atoms with Crippen molar-refractivity contribution < 1.29 is 0 Å². The second kappa shape index (κ2) is 6.04. The van der Waals surface area contributed by atoms with E-state index >= 15 is 0 Å². The maximum Gasteiger partial charge on any atom is 0.125 e. The number of para-hydroxylation sites is 1. The standard InChI is InChI=1S/C15H15ClN2S/c1-10-6-8-12(9-7-10)15(19)18-17-14-11(2)4-3-5-13(14)16/h3-9,17H,1-2H3,(H,18,19). The minimum Gasteiger partial charge on any atom is -0.298 e. The van der Waals surface area contributed by atoms with Crippen LogP contribution in [0.25, 0.3) is 0 Å². The first kappa shape index (κ1) is 13.8. The molecular weight excluding hydrogens is 276 g/mol. The van der Waals surface area contributed by atoms with E-state index in [1.807, 2.05) is 56.3 Å². The predicted octanol–water partition coefficient (Wildman–Crippen LogP) is 4.25. The normalized spacial score (nSPS) is 10.1. The lowest BCUT2D eigenvalue weighted by molar-refractivity contribution is 1.13. The van der Waals surface area contributed by atoms with Gasteiger partial charge in [0.05, 0.1) is 10.7 Å². The summed E-state index contributed by atoms with van der Waals surface area (Å²) in [6.07, 6.45) is 0. The maximum atomic E-state index is 6.13. The molecule has 2 N–H and O–H groups in total. The third-order valence-electron chi connectivity index (χ3n) is 2.84. The van der Waals surface area contributed by atoms with Crippen molar-refractivity contribution in [3.63, 3.8) is 0 Å². The number of halogens is 1. The molecule has 0 unspecified atom stereocenters. The van der Waals surface area contributed by atoms with Crippen LogP contribution in [0.15, 0.2) is 42.5 Å². The summed E-state index contributed by atoms with van der Waals surface area (Å²) in [5, 5.41) is 0.666. The zero-order chi connectivity index (χ0) is 13.8. The molecule has 2 rings (SSSR count). The Labute approximate surface area is 123 Å². The van der Waals surface area contributed by atoms with Crippen LogP contribution in [0, 0.1) is 13.8 Å². The Bertz CT molecular complexity index is 573. The van der Waals surface area contributed by atoms with Gasteiger partial charge in [-0.15, -0.1) is 0 Å². The van der Waals surface area contributed by atoms with Crippen LogP contribution in [-0.2, 0) is 0 Å². The third-order valence-corrected chi connectivity index (χ3v) is 3.49. The van der Waals surface area contributed by atoms with E-state index in [-0.39, 0.29) is 0 Å². The molecule has 0 saturated carbocycles. The molecule has 0 bridgehead atoms. The molecule has 0 atom stereocenters. The molecule has 98 valence electrons. The van der Waals surface area contributed by atoms with E-state index in [9.17, 15) is 0 Å². The van der Waals surface area contributed by atoms with Crippen LogP contribution in [0.1, 0.15) is 16.7 Å². The summed E-state index contributed by atoms with van der Waals surface area (Å²) in [6, 6.07) is 13.8. The highest BCUT2D eigenvalue weighted by atomic mass is 35.5. The van der Waals surface area contributed by atoms with Gasteiger partial charge in [-0.3, -0.25) is 10.9 Å². The first-order chi connectivity index (χ1) is 9.08. The van der Waals surface area contributed by atoms with Crippen LogP contribution in [0.4, 0.5) is 5.69 Å². The van der Waals surface area contributed by atoms with E-state index in [1.165, 1.54) is 5.56 Å². The van der Waals surface area contributed by atoms with Crippen molar-refractivity contribution in [1.29, 1.82) is 0 Å². The lowest BCUT2D eigenvalue weighted by Gasteiger charge is -2.14. The number of hydrazine groups is 1. The second-order valence-corrected chi connectivity index (χ2v) is 5.19. The van der Waals surface area contributed by atoms with Gasteiger partial charge in [0, 0.05) is 5.56 Å². The lowest BCUT2D eigenvalue weighted by Crippen LogP contribution is -2.29. The van der Waals surface area contributed by atoms with Gasteiger partial charge in [0.2, 0.25) is 0 Å². The van der Waals surface area contributed by atoms with Gasteiger partial charge >= 0.3 is 0 Å². The summed E-state index contributed by atoms with van der Waals surface area (Å²) in [5.74, 6) is 0. The Morgan fingerprint density at radius 2 is 1.74 bits per heavy atom. The zero-order valence-corrected chi connectivity index (χ0v) is 12.4. The van der Waals surface area contributed by atoms with Crippen LogP contribution in [0.3, 0.4) is 0 Å². The predicted molar refractivity (Wildman–Crippen MR) is 85.8 cm³/mol. The molecule has 0 aromatic heterocycles. The molecule has 2 nitrogen and oxygen atoms in total. The zero-order valence-electron chi connectivity index (χ0n) is 10.8. The van der Waals surface area contributed by atoms with Crippen molar-refractivity contribution in [2.24, 2.45) is 0 Å². The van der Waals surface area contributed by atoms with E-state index in [4.69, 9.17) is 23.8 Å². The molecular formula is C15H15ClN2S. The largest absolute Gasteiger partial charge is 0.298 e. The van der Waals surface area contributed by atoms with Gasteiger partial charge in [-0.1, -0.05) is 65.8 Å². The van der Waals surface area contributed by atoms with Crippen molar-refractivity contribution in [2.45, 2.75) is 13.8 Å². The van der Waals surface area contributed by atoms with Gasteiger partial charge < -0.3 is 0 Å². The molecule has 0 heterocycles. The van der Waals surface area contributed by atoms with Crippen molar-refractivity contribution in [1.82, 2.24) is 5.43 Å². The van der Waals surface area contributed by atoms with Gasteiger partial charge in [-0.2, -0.15) is 0 Å². The van der Waals surface area contributed by atoms with E-state index in [0.717, 1.165) is 16.8 Å². The summed E-state index contributed by atoms with van der Waals surface area (Å²) in [5.41, 5.74) is 10.2. The fraction of sp³-hybridized carbons (Fsp3) is 0.133. The van der Waals surface area contributed by atoms with Gasteiger partial charge in [0.15, 0.2) is 0 Å². The van der Waals surface area contributed by atoms with Crippen LogP contribution in [0.2, 0.25) is 5.02 Å². The number of rotatable bonds is 3. The Hall–Kier alpha value is -1.58. The molecule has 4 heteroatoms. The van der Waals surface area contributed by atoms with Gasteiger partial charge in [0.25, 0.3) is 0 Å². The number of nitrogens with one attached hydrogen (secondary N) is 2. The topological polar surface area (TPSA) is 24.1 Å². The Kier molecular flexibility index (Phi) is 4.40. The van der Waals surface area contributed by atoms with Crippen molar-refractivity contribution in [2.75, 3.05) is 5.43 Å².